The van der Waals surface area contributed by atoms with Gasteiger partial charge in [0.1, 0.15) is 11.3 Å². The number of rotatable bonds is 1. The summed E-state index contributed by atoms with van der Waals surface area (Å²) in [6, 6.07) is 13.3. The van der Waals surface area contributed by atoms with Crippen LogP contribution in [0.2, 0.25) is 0 Å². The van der Waals surface area contributed by atoms with Crippen molar-refractivity contribution in [3.05, 3.63) is 53.1 Å². The van der Waals surface area contributed by atoms with Crippen LogP contribution in [0.25, 0.3) is 10.3 Å². The van der Waals surface area contributed by atoms with E-state index in [1.165, 1.54) is 48.3 Å². The maximum atomic E-state index is 6.40. The smallest absolute Gasteiger partial charge is 0.145 e. The number of fused-ring (bicyclic) bond motifs is 3. The van der Waals surface area contributed by atoms with Crippen molar-refractivity contribution in [1.29, 1.82) is 0 Å². The Morgan fingerprint density at radius 2 is 1.65 bits per heavy atom. The lowest BCUT2D eigenvalue weighted by molar-refractivity contribution is -0.0580. The fraction of sp³-hybridized carbons (Fsp3) is 0.478. The highest BCUT2D eigenvalue weighted by Gasteiger charge is 2.64. The van der Waals surface area contributed by atoms with Crippen molar-refractivity contribution in [3.8, 4) is 0 Å². The Morgan fingerprint density at radius 3 is 2.38 bits per heavy atom. The Labute approximate surface area is 157 Å². The first-order valence-electron chi connectivity index (χ1n) is 10.2. The second kappa shape index (κ2) is 4.75. The highest BCUT2D eigenvalue weighted by atomic mass is 32.1. The van der Waals surface area contributed by atoms with Gasteiger partial charge in [0.2, 0.25) is 0 Å². The molecule has 5 aliphatic rings. The molecule has 1 aromatic carbocycles. The van der Waals surface area contributed by atoms with Gasteiger partial charge in [0, 0.05) is 11.3 Å². The largest absolute Gasteiger partial charge is 0.458 e. The normalized spacial score (nSPS) is 37.2. The van der Waals surface area contributed by atoms with Gasteiger partial charge in [0.05, 0.1) is 16.8 Å². The van der Waals surface area contributed by atoms with E-state index in [0.29, 0.717) is 0 Å². The number of furan rings is 1. The van der Waals surface area contributed by atoms with Crippen molar-refractivity contribution in [2.75, 3.05) is 4.90 Å². The van der Waals surface area contributed by atoms with Crippen molar-refractivity contribution in [2.45, 2.75) is 44.2 Å². The van der Waals surface area contributed by atoms with Crippen molar-refractivity contribution < 1.29 is 4.42 Å². The summed E-state index contributed by atoms with van der Waals surface area (Å²) in [5, 5.41) is 2.21. The monoisotopic (exact) mass is 361 g/mol. The molecule has 0 radical (unpaired) electrons. The molecule has 132 valence electrons. The first kappa shape index (κ1) is 14.3. The number of nitrogens with zero attached hydrogens (tertiary/aromatic N) is 1. The molecule has 0 atom stereocenters. The minimum absolute atomic E-state index is 0.181. The number of thiophene rings is 1. The molecule has 0 amide bonds. The van der Waals surface area contributed by atoms with Crippen molar-refractivity contribution in [3.63, 3.8) is 0 Å². The molecule has 0 saturated heterocycles. The molecule has 4 fully saturated rings. The van der Waals surface area contributed by atoms with Gasteiger partial charge >= 0.3 is 0 Å². The summed E-state index contributed by atoms with van der Waals surface area (Å²) >= 11 is 1.89. The zero-order valence-corrected chi connectivity index (χ0v) is 15.7. The van der Waals surface area contributed by atoms with E-state index in [-0.39, 0.29) is 5.54 Å². The number of hydrogen-bond acceptors (Lipinski definition) is 3. The molecule has 2 nitrogen and oxygen atoms in total. The van der Waals surface area contributed by atoms with Gasteiger partial charge in [-0.05, 0) is 79.4 Å². The Hall–Kier alpha value is -1.74. The molecule has 0 N–H and O–H groups in total. The van der Waals surface area contributed by atoms with Gasteiger partial charge in [-0.1, -0.05) is 18.2 Å². The van der Waals surface area contributed by atoms with E-state index in [2.05, 4.69) is 46.7 Å². The third-order valence-corrected chi connectivity index (χ3v) is 8.88. The fourth-order valence-electron chi connectivity index (χ4n) is 7.46. The SMILES string of the molecule is c1ccc(N2Cc3oc4ccsc4c3C23C2CC4CC(C2)CC3C4)cc1. The number of para-hydroxylation sites is 1. The summed E-state index contributed by atoms with van der Waals surface area (Å²) in [4.78, 5) is 2.76. The van der Waals surface area contributed by atoms with Crippen LogP contribution in [0.1, 0.15) is 43.4 Å². The summed E-state index contributed by atoms with van der Waals surface area (Å²) < 4.78 is 7.84. The van der Waals surface area contributed by atoms with Gasteiger partial charge in [-0.25, -0.2) is 0 Å². The molecular weight excluding hydrogens is 338 g/mol. The predicted octanol–water partition coefficient (Wildman–Crippen LogP) is 6.17. The number of anilines is 1. The summed E-state index contributed by atoms with van der Waals surface area (Å²) in [6.07, 6.45) is 7.20. The molecule has 3 aromatic rings. The molecule has 26 heavy (non-hydrogen) atoms. The lowest BCUT2D eigenvalue weighted by atomic mass is 9.47. The maximum absolute atomic E-state index is 6.40. The number of benzene rings is 1. The van der Waals surface area contributed by atoms with E-state index < -0.39 is 0 Å². The minimum atomic E-state index is 0.181. The quantitative estimate of drug-likeness (QED) is 0.515. The van der Waals surface area contributed by atoms with Crippen molar-refractivity contribution in [2.24, 2.45) is 23.7 Å². The third-order valence-electron chi connectivity index (χ3n) is 7.97. The minimum Gasteiger partial charge on any atom is -0.458 e. The van der Waals surface area contributed by atoms with Crippen LogP contribution in [-0.4, -0.2) is 0 Å². The zero-order chi connectivity index (χ0) is 16.9. The predicted molar refractivity (Wildman–Crippen MR) is 105 cm³/mol. The maximum Gasteiger partial charge on any atom is 0.145 e. The fourth-order valence-corrected chi connectivity index (χ4v) is 8.41. The van der Waals surface area contributed by atoms with E-state index in [4.69, 9.17) is 4.42 Å². The van der Waals surface area contributed by atoms with E-state index in [0.717, 1.165) is 35.8 Å². The number of hydrogen-bond donors (Lipinski definition) is 0. The molecule has 0 unspecified atom stereocenters. The highest BCUT2D eigenvalue weighted by Crippen LogP contribution is 2.68. The Balaban J connectivity index is 1.52. The molecule has 1 spiro atoms. The van der Waals surface area contributed by atoms with Gasteiger partial charge in [-0.2, -0.15) is 0 Å². The molecular formula is C23H23NOS. The van der Waals surface area contributed by atoms with Crippen LogP contribution < -0.4 is 4.90 Å². The molecule has 3 heterocycles. The van der Waals surface area contributed by atoms with E-state index >= 15 is 0 Å². The molecule has 4 bridgehead atoms. The molecule has 2 aromatic heterocycles. The average molecular weight is 362 g/mol. The van der Waals surface area contributed by atoms with E-state index in [1.54, 1.807) is 5.56 Å². The summed E-state index contributed by atoms with van der Waals surface area (Å²) in [5.41, 5.74) is 4.28. The summed E-state index contributed by atoms with van der Waals surface area (Å²) in [7, 11) is 0. The van der Waals surface area contributed by atoms with E-state index in [1.807, 2.05) is 11.3 Å². The lowest BCUT2D eigenvalue weighted by Gasteiger charge is -2.63. The van der Waals surface area contributed by atoms with Gasteiger partial charge in [0.15, 0.2) is 0 Å². The topological polar surface area (TPSA) is 16.4 Å². The highest BCUT2D eigenvalue weighted by molar-refractivity contribution is 7.17. The average Bonchev–Trinajstić information content (AvgIpc) is 3.30. The van der Waals surface area contributed by atoms with Crippen LogP contribution in [0.4, 0.5) is 5.69 Å². The van der Waals surface area contributed by atoms with Gasteiger partial charge < -0.3 is 9.32 Å². The first-order chi connectivity index (χ1) is 12.8. The Morgan fingerprint density at radius 1 is 0.923 bits per heavy atom. The summed E-state index contributed by atoms with van der Waals surface area (Å²) in [5.74, 6) is 4.81. The molecule has 4 saturated carbocycles. The van der Waals surface area contributed by atoms with Crippen molar-refractivity contribution in [1.82, 2.24) is 0 Å². The van der Waals surface area contributed by atoms with Gasteiger partial charge in [0.25, 0.3) is 0 Å². The van der Waals surface area contributed by atoms with Crippen LogP contribution in [-0.2, 0) is 12.1 Å². The second-order valence-corrected chi connectivity index (χ2v) is 9.98. The molecule has 3 heteroatoms. The van der Waals surface area contributed by atoms with E-state index in [9.17, 15) is 0 Å². The van der Waals surface area contributed by atoms with Crippen LogP contribution in [0, 0.1) is 23.7 Å². The molecule has 1 aliphatic heterocycles. The summed E-state index contributed by atoms with van der Waals surface area (Å²) in [6.45, 7) is 0.948. The van der Waals surface area contributed by atoms with Crippen LogP contribution in [0.5, 0.6) is 0 Å². The zero-order valence-electron chi connectivity index (χ0n) is 14.9. The van der Waals surface area contributed by atoms with Crippen LogP contribution >= 0.6 is 11.3 Å². The second-order valence-electron chi connectivity index (χ2n) is 9.07. The van der Waals surface area contributed by atoms with Crippen LogP contribution in [0.3, 0.4) is 0 Å². The van der Waals surface area contributed by atoms with Crippen LogP contribution in [0.15, 0.2) is 46.2 Å². The molecule has 4 aliphatic carbocycles. The molecule has 8 rings (SSSR count). The lowest BCUT2D eigenvalue weighted by Crippen LogP contribution is -2.61. The third kappa shape index (κ3) is 1.56. The Bertz CT molecular complexity index is 972. The first-order valence-corrected chi connectivity index (χ1v) is 11.0. The van der Waals surface area contributed by atoms with Crippen molar-refractivity contribution >= 4 is 27.3 Å². The van der Waals surface area contributed by atoms with Gasteiger partial charge in [-0.3, -0.25) is 0 Å². The standard InChI is InChI=1S/C23H23NOS/c1-2-4-18(5-3-1)24-13-20-21(22-19(25-20)6-7-26-22)23(24)16-9-14-8-15(11-16)12-17(23)10-14/h1-7,14-17H,8-13H2. The van der Waals surface area contributed by atoms with Gasteiger partial charge in [-0.15, -0.1) is 11.3 Å². The Kier molecular flexibility index (Phi) is 2.62.